The van der Waals surface area contributed by atoms with Crippen molar-refractivity contribution in [3.8, 4) is 0 Å². The average molecular weight is 483 g/mol. The molecule has 0 N–H and O–H groups in total. The van der Waals surface area contributed by atoms with Gasteiger partial charge in [0.1, 0.15) is 0 Å². The van der Waals surface area contributed by atoms with Crippen LogP contribution in [0.15, 0.2) is 60.7 Å². The third kappa shape index (κ3) is 4.97. The summed E-state index contributed by atoms with van der Waals surface area (Å²) in [5, 5.41) is 0. The molecular formula is C24H19ClN2O5S. The van der Waals surface area contributed by atoms with Crippen LogP contribution in [0.3, 0.4) is 0 Å². The van der Waals surface area contributed by atoms with Gasteiger partial charge in [0, 0.05) is 11.9 Å². The number of carbonyl (C=O) groups excluding carboxylic acids is 4. The Hall–Kier alpha value is -3.49. The van der Waals surface area contributed by atoms with Crippen molar-refractivity contribution in [2.45, 2.75) is 13.1 Å². The predicted octanol–water partition coefficient (Wildman–Crippen LogP) is 4.01. The second kappa shape index (κ2) is 9.56. The van der Waals surface area contributed by atoms with E-state index >= 15 is 0 Å². The fraction of sp³-hybridized carbons (Fsp3) is 0.167. The molecule has 0 bridgehead atoms. The standard InChI is InChI=1S/C24H19ClN2O5S/c1-26(13-17-8-10-20(25)33-17)21(28)14-32-24(31)16-7-9-18-19(11-16)23(30)27(22(18)29)12-15-5-3-2-4-6-15/h2-11H,12-14H2,1H3. The summed E-state index contributed by atoms with van der Waals surface area (Å²) in [6, 6.07) is 16.9. The molecule has 9 heteroatoms. The molecule has 0 fully saturated rings. The molecule has 0 atom stereocenters. The first-order valence-corrected chi connectivity index (χ1v) is 11.2. The molecular weight excluding hydrogens is 464 g/mol. The van der Waals surface area contributed by atoms with E-state index in [1.807, 2.05) is 36.4 Å². The highest BCUT2D eigenvalue weighted by atomic mass is 35.5. The molecule has 168 valence electrons. The minimum Gasteiger partial charge on any atom is -0.452 e. The number of amides is 3. The van der Waals surface area contributed by atoms with Crippen LogP contribution < -0.4 is 0 Å². The summed E-state index contributed by atoms with van der Waals surface area (Å²) in [7, 11) is 1.60. The van der Waals surface area contributed by atoms with Crippen molar-refractivity contribution in [3.63, 3.8) is 0 Å². The van der Waals surface area contributed by atoms with Crippen LogP contribution in [0.4, 0.5) is 0 Å². The molecule has 33 heavy (non-hydrogen) atoms. The lowest BCUT2D eigenvalue weighted by molar-refractivity contribution is -0.133. The van der Waals surface area contributed by atoms with Crippen LogP contribution in [0.2, 0.25) is 4.34 Å². The Bertz CT molecular complexity index is 1240. The van der Waals surface area contributed by atoms with Gasteiger partial charge in [-0.1, -0.05) is 41.9 Å². The number of benzene rings is 2. The maximum atomic E-state index is 12.8. The first-order valence-electron chi connectivity index (χ1n) is 10.0. The fourth-order valence-corrected chi connectivity index (χ4v) is 4.55. The third-order valence-corrected chi connectivity index (χ3v) is 6.38. The topological polar surface area (TPSA) is 84.0 Å². The first-order chi connectivity index (χ1) is 15.8. The lowest BCUT2D eigenvalue weighted by Crippen LogP contribution is -2.30. The summed E-state index contributed by atoms with van der Waals surface area (Å²) in [4.78, 5) is 53.7. The normalized spacial score (nSPS) is 12.6. The summed E-state index contributed by atoms with van der Waals surface area (Å²) >= 11 is 7.27. The monoisotopic (exact) mass is 482 g/mol. The van der Waals surface area contributed by atoms with E-state index in [0.717, 1.165) is 15.3 Å². The zero-order valence-corrected chi connectivity index (χ0v) is 19.2. The molecule has 7 nitrogen and oxygen atoms in total. The number of hydrogen-bond acceptors (Lipinski definition) is 6. The Morgan fingerprint density at radius 2 is 1.73 bits per heavy atom. The Labute approximate surface area is 199 Å². The van der Waals surface area contributed by atoms with Crippen LogP contribution in [-0.2, 0) is 22.6 Å². The van der Waals surface area contributed by atoms with E-state index in [1.165, 1.54) is 34.4 Å². The van der Waals surface area contributed by atoms with E-state index in [1.54, 1.807) is 13.1 Å². The molecule has 0 saturated heterocycles. The van der Waals surface area contributed by atoms with Crippen LogP contribution >= 0.6 is 22.9 Å². The Morgan fingerprint density at radius 3 is 2.42 bits per heavy atom. The largest absolute Gasteiger partial charge is 0.452 e. The number of carbonyl (C=O) groups is 4. The number of nitrogens with zero attached hydrogens (tertiary/aromatic N) is 2. The van der Waals surface area contributed by atoms with Gasteiger partial charge in [-0.25, -0.2) is 4.79 Å². The van der Waals surface area contributed by atoms with Gasteiger partial charge in [-0.2, -0.15) is 0 Å². The molecule has 0 spiro atoms. The van der Waals surface area contributed by atoms with Crippen LogP contribution in [-0.4, -0.2) is 47.1 Å². The summed E-state index contributed by atoms with van der Waals surface area (Å²) in [6.45, 7) is 0.0439. The lowest BCUT2D eigenvalue weighted by Gasteiger charge is -2.16. The highest BCUT2D eigenvalue weighted by Crippen LogP contribution is 2.26. The molecule has 3 aromatic rings. The van der Waals surface area contributed by atoms with Crippen LogP contribution in [0, 0.1) is 0 Å². The maximum Gasteiger partial charge on any atom is 0.338 e. The first kappa shape index (κ1) is 22.7. The number of likely N-dealkylation sites (N-methyl/N-ethyl adjacent to an activating group) is 1. The van der Waals surface area contributed by atoms with Gasteiger partial charge in [0.25, 0.3) is 17.7 Å². The van der Waals surface area contributed by atoms with Crippen molar-refractivity contribution in [2.75, 3.05) is 13.7 Å². The van der Waals surface area contributed by atoms with Crippen molar-refractivity contribution >= 4 is 46.6 Å². The van der Waals surface area contributed by atoms with E-state index in [4.69, 9.17) is 16.3 Å². The Balaban J connectivity index is 1.39. The molecule has 0 radical (unpaired) electrons. The van der Waals surface area contributed by atoms with E-state index in [0.29, 0.717) is 10.9 Å². The number of thiophene rings is 1. The lowest BCUT2D eigenvalue weighted by atomic mass is 10.1. The molecule has 3 amide bonds. The third-order valence-electron chi connectivity index (χ3n) is 5.16. The van der Waals surface area contributed by atoms with Crippen LogP contribution in [0.5, 0.6) is 0 Å². The van der Waals surface area contributed by atoms with E-state index in [-0.39, 0.29) is 29.1 Å². The predicted molar refractivity (Wildman–Crippen MR) is 123 cm³/mol. The quantitative estimate of drug-likeness (QED) is 0.375. The smallest absolute Gasteiger partial charge is 0.338 e. The molecule has 2 heterocycles. The van der Waals surface area contributed by atoms with Gasteiger partial charge in [-0.05, 0) is 35.9 Å². The van der Waals surface area contributed by atoms with Crippen molar-refractivity contribution in [1.29, 1.82) is 0 Å². The highest BCUT2D eigenvalue weighted by Gasteiger charge is 2.36. The highest BCUT2D eigenvalue weighted by molar-refractivity contribution is 7.16. The number of hydrogen-bond donors (Lipinski definition) is 0. The summed E-state index contributed by atoms with van der Waals surface area (Å²) in [5.41, 5.74) is 1.29. The maximum absolute atomic E-state index is 12.8. The van der Waals surface area contributed by atoms with Crippen molar-refractivity contribution in [2.24, 2.45) is 0 Å². The zero-order chi connectivity index (χ0) is 23.5. The SMILES string of the molecule is CN(Cc1ccc(Cl)s1)C(=O)COC(=O)c1ccc2c(c1)C(=O)N(Cc1ccccc1)C2=O. The van der Waals surface area contributed by atoms with E-state index in [2.05, 4.69) is 0 Å². The number of rotatable bonds is 7. The summed E-state index contributed by atoms with van der Waals surface area (Å²) in [5.74, 6) is -2.02. The molecule has 2 aromatic carbocycles. The minimum absolute atomic E-state index is 0.0944. The van der Waals surface area contributed by atoms with Crippen molar-refractivity contribution < 1.29 is 23.9 Å². The molecule has 4 rings (SSSR count). The van der Waals surface area contributed by atoms with Crippen LogP contribution in [0.1, 0.15) is 41.5 Å². The second-order valence-corrected chi connectivity index (χ2v) is 9.27. The Morgan fingerprint density at radius 1 is 1.00 bits per heavy atom. The minimum atomic E-state index is -0.750. The average Bonchev–Trinajstić information content (AvgIpc) is 3.33. The number of ether oxygens (including phenoxy) is 1. The number of esters is 1. The second-order valence-electron chi connectivity index (χ2n) is 7.47. The van der Waals surface area contributed by atoms with Gasteiger partial charge in [0.15, 0.2) is 6.61 Å². The fourth-order valence-electron chi connectivity index (χ4n) is 3.41. The summed E-state index contributed by atoms with van der Waals surface area (Å²) < 4.78 is 5.76. The van der Waals surface area contributed by atoms with Crippen molar-refractivity contribution in [3.05, 3.63) is 92.1 Å². The number of fused-ring (bicyclic) bond motifs is 1. The van der Waals surface area contributed by atoms with E-state index in [9.17, 15) is 19.2 Å². The number of imide groups is 1. The van der Waals surface area contributed by atoms with Gasteiger partial charge in [0.05, 0.1) is 34.1 Å². The van der Waals surface area contributed by atoms with Crippen molar-refractivity contribution in [1.82, 2.24) is 9.80 Å². The van der Waals surface area contributed by atoms with Gasteiger partial charge >= 0.3 is 5.97 Å². The molecule has 0 saturated carbocycles. The van der Waals surface area contributed by atoms with Gasteiger partial charge in [-0.3, -0.25) is 19.3 Å². The summed E-state index contributed by atoms with van der Waals surface area (Å²) in [6.07, 6.45) is 0. The van der Waals surface area contributed by atoms with E-state index < -0.39 is 24.4 Å². The van der Waals surface area contributed by atoms with Gasteiger partial charge < -0.3 is 9.64 Å². The number of halogens is 1. The molecule has 0 unspecified atom stereocenters. The Kier molecular flexibility index (Phi) is 6.57. The molecule has 0 aliphatic carbocycles. The molecule has 1 aliphatic heterocycles. The van der Waals surface area contributed by atoms with Gasteiger partial charge in [0.2, 0.25) is 0 Å². The molecule has 1 aliphatic rings. The molecule has 1 aromatic heterocycles. The zero-order valence-electron chi connectivity index (χ0n) is 17.6. The van der Waals surface area contributed by atoms with Gasteiger partial charge in [-0.15, -0.1) is 11.3 Å². The van der Waals surface area contributed by atoms with Crippen LogP contribution in [0.25, 0.3) is 0 Å².